The summed E-state index contributed by atoms with van der Waals surface area (Å²) in [6.45, 7) is 4.01. The van der Waals surface area contributed by atoms with Crippen LogP contribution in [0.3, 0.4) is 0 Å². The molecule has 1 saturated carbocycles. The first kappa shape index (κ1) is 16.2. The van der Waals surface area contributed by atoms with Crippen LogP contribution in [0.1, 0.15) is 57.6 Å². The van der Waals surface area contributed by atoms with Crippen LogP contribution < -0.4 is 16.0 Å². The second-order valence-corrected chi connectivity index (χ2v) is 6.05. The van der Waals surface area contributed by atoms with Gasteiger partial charge in [-0.3, -0.25) is 16.3 Å². The molecule has 5 heteroatoms. The van der Waals surface area contributed by atoms with Crippen LogP contribution in [0, 0.1) is 0 Å². The van der Waals surface area contributed by atoms with Crippen LogP contribution in [0.15, 0.2) is 18.5 Å². The minimum Gasteiger partial charge on any atom is -0.489 e. The van der Waals surface area contributed by atoms with Gasteiger partial charge in [-0.15, -0.1) is 0 Å². The van der Waals surface area contributed by atoms with E-state index in [0.29, 0.717) is 0 Å². The molecule has 1 aliphatic rings. The molecule has 3 N–H and O–H groups in total. The Morgan fingerprint density at radius 2 is 1.95 bits per heavy atom. The predicted molar refractivity (Wildman–Crippen MR) is 82.9 cm³/mol. The van der Waals surface area contributed by atoms with E-state index in [1.165, 1.54) is 19.3 Å². The van der Waals surface area contributed by atoms with Gasteiger partial charge in [0.05, 0.1) is 23.9 Å². The van der Waals surface area contributed by atoms with Crippen LogP contribution >= 0.6 is 0 Å². The molecule has 0 amide bonds. The summed E-state index contributed by atoms with van der Waals surface area (Å²) in [5.41, 5.74) is 3.69. The molecule has 0 aromatic carbocycles. The van der Waals surface area contributed by atoms with E-state index in [4.69, 9.17) is 15.3 Å². The zero-order valence-electron chi connectivity index (χ0n) is 13.3. The highest BCUT2D eigenvalue weighted by Gasteiger charge is 2.40. The Bertz CT molecular complexity index is 445. The lowest BCUT2D eigenvalue weighted by atomic mass is 9.77. The van der Waals surface area contributed by atoms with Gasteiger partial charge in [0.15, 0.2) is 0 Å². The Morgan fingerprint density at radius 3 is 2.52 bits per heavy atom. The molecule has 0 aliphatic heterocycles. The molecule has 1 aliphatic carbocycles. The zero-order valence-corrected chi connectivity index (χ0v) is 13.3. The van der Waals surface area contributed by atoms with E-state index in [1.807, 2.05) is 26.1 Å². The molecule has 1 aromatic rings. The summed E-state index contributed by atoms with van der Waals surface area (Å²) >= 11 is 0. The molecule has 0 bridgehead atoms. The van der Waals surface area contributed by atoms with Crippen LogP contribution in [0.2, 0.25) is 0 Å². The van der Waals surface area contributed by atoms with Crippen molar-refractivity contribution in [1.29, 1.82) is 0 Å². The molecule has 5 nitrogen and oxygen atoms in total. The fourth-order valence-electron chi connectivity index (χ4n) is 3.24. The van der Waals surface area contributed by atoms with Gasteiger partial charge in [0.25, 0.3) is 0 Å². The Balaban J connectivity index is 2.27. The van der Waals surface area contributed by atoms with Crippen LogP contribution in [-0.2, 0) is 4.74 Å². The smallest absolute Gasteiger partial charge is 0.138 e. The maximum absolute atomic E-state index is 5.90. The van der Waals surface area contributed by atoms with Crippen molar-refractivity contribution < 1.29 is 9.47 Å². The number of hydrazine groups is 1. The van der Waals surface area contributed by atoms with Crippen LogP contribution in [-0.4, -0.2) is 23.8 Å². The molecule has 1 fully saturated rings. The van der Waals surface area contributed by atoms with E-state index < -0.39 is 0 Å². The molecule has 21 heavy (non-hydrogen) atoms. The first-order valence-corrected chi connectivity index (χ1v) is 7.74. The number of hydrogen-bond acceptors (Lipinski definition) is 5. The number of methoxy groups -OCH3 is 1. The van der Waals surface area contributed by atoms with Crippen molar-refractivity contribution in [2.24, 2.45) is 5.84 Å². The van der Waals surface area contributed by atoms with Crippen molar-refractivity contribution in [3.05, 3.63) is 24.0 Å². The highest BCUT2D eigenvalue weighted by atomic mass is 16.5. The summed E-state index contributed by atoms with van der Waals surface area (Å²) in [5, 5.41) is 0. The highest BCUT2D eigenvalue weighted by molar-refractivity contribution is 5.28. The third-order valence-electron chi connectivity index (χ3n) is 4.24. The lowest BCUT2D eigenvalue weighted by molar-refractivity contribution is -0.0689. The standard InChI is InChI=1S/C16H27N3O2/c1-12(2)21-14-9-13(10-18-11-14)15(19-17)16(20-3)7-5-4-6-8-16/h9-12,15,19H,4-8,17H2,1-3H3. The van der Waals surface area contributed by atoms with Crippen LogP contribution in [0.4, 0.5) is 0 Å². The van der Waals surface area contributed by atoms with E-state index in [9.17, 15) is 0 Å². The van der Waals surface area contributed by atoms with Crippen molar-refractivity contribution in [3.8, 4) is 5.75 Å². The summed E-state index contributed by atoms with van der Waals surface area (Å²) in [6, 6.07) is 1.93. The minimum atomic E-state index is -0.259. The Labute approximate surface area is 127 Å². The normalized spacial score (nSPS) is 19.5. The van der Waals surface area contributed by atoms with Gasteiger partial charge >= 0.3 is 0 Å². The van der Waals surface area contributed by atoms with Gasteiger partial charge < -0.3 is 9.47 Å². The predicted octanol–water partition coefficient (Wildman–Crippen LogP) is 2.72. The van der Waals surface area contributed by atoms with Crippen molar-refractivity contribution in [1.82, 2.24) is 10.4 Å². The number of nitrogens with zero attached hydrogens (tertiary/aromatic N) is 1. The van der Waals surface area contributed by atoms with E-state index >= 15 is 0 Å². The first-order chi connectivity index (χ1) is 10.1. The van der Waals surface area contributed by atoms with Gasteiger partial charge in [0, 0.05) is 13.3 Å². The number of rotatable bonds is 6. The van der Waals surface area contributed by atoms with Gasteiger partial charge in [0.2, 0.25) is 0 Å². The molecule has 1 aromatic heterocycles. The molecule has 0 spiro atoms. The van der Waals surface area contributed by atoms with Gasteiger partial charge in [-0.1, -0.05) is 19.3 Å². The van der Waals surface area contributed by atoms with Crippen molar-refractivity contribution in [3.63, 3.8) is 0 Å². The molecule has 1 unspecified atom stereocenters. The molecule has 1 atom stereocenters. The van der Waals surface area contributed by atoms with Crippen molar-refractivity contribution in [2.45, 2.75) is 63.7 Å². The molecule has 2 rings (SSSR count). The molecule has 1 heterocycles. The Kier molecular flexibility index (Phi) is 5.56. The van der Waals surface area contributed by atoms with E-state index in [0.717, 1.165) is 24.2 Å². The topological polar surface area (TPSA) is 69.4 Å². The third-order valence-corrected chi connectivity index (χ3v) is 4.24. The SMILES string of the molecule is COC1(C(NN)c2cncc(OC(C)C)c2)CCCCC1. The van der Waals surface area contributed by atoms with Crippen molar-refractivity contribution in [2.75, 3.05) is 7.11 Å². The van der Waals surface area contributed by atoms with Gasteiger partial charge in [-0.25, -0.2) is 0 Å². The fourth-order valence-corrected chi connectivity index (χ4v) is 3.24. The van der Waals surface area contributed by atoms with E-state index in [2.05, 4.69) is 10.4 Å². The summed E-state index contributed by atoms with van der Waals surface area (Å²) in [7, 11) is 1.78. The lowest BCUT2D eigenvalue weighted by Gasteiger charge is -2.42. The average Bonchev–Trinajstić information content (AvgIpc) is 2.48. The summed E-state index contributed by atoms with van der Waals surface area (Å²) in [6.07, 6.45) is 9.31. The number of ether oxygens (including phenoxy) is 2. The molecule has 0 saturated heterocycles. The second kappa shape index (κ2) is 7.20. The monoisotopic (exact) mass is 293 g/mol. The van der Waals surface area contributed by atoms with Crippen molar-refractivity contribution >= 4 is 0 Å². The molecule has 0 radical (unpaired) electrons. The Hall–Kier alpha value is -1.17. The average molecular weight is 293 g/mol. The number of nitrogens with two attached hydrogens (primary N) is 1. The zero-order chi connectivity index (χ0) is 15.3. The van der Waals surface area contributed by atoms with Gasteiger partial charge in [0.1, 0.15) is 5.75 Å². The summed E-state index contributed by atoms with van der Waals surface area (Å²) < 4.78 is 11.6. The van der Waals surface area contributed by atoms with E-state index in [-0.39, 0.29) is 17.7 Å². The third kappa shape index (κ3) is 3.73. The summed E-state index contributed by atoms with van der Waals surface area (Å²) in [5.74, 6) is 6.62. The quantitative estimate of drug-likeness (QED) is 0.623. The molecular formula is C16H27N3O2. The maximum atomic E-state index is 5.90. The number of nitrogens with one attached hydrogen (secondary N) is 1. The molecular weight excluding hydrogens is 266 g/mol. The van der Waals surface area contributed by atoms with Gasteiger partial charge in [-0.05, 0) is 38.3 Å². The van der Waals surface area contributed by atoms with Crippen LogP contribution in [0.25, 0.3) is 0 Å². The number of pyridine rings is 1. The number of aromatic nitrogens is 1. The fraction of sp³-hybridized carbons (Fsp3) is 0.688. The van der Waals surface area contributed by atoms with Crippen LogP contribution in [0.5, 0.6) is 5.75 Å². The summed E-state index contributed by atoms with van der Waals surface area (Å²) in [4.78, 5) is 4.29. The Morgan fingerprint density at radius 1 is 1.24 bits per heavy atom. The number of hydrogen-bond donors (Lipinski definition) is 2. The first-order valence-electron chi connectivity index (χ1n) is 7.74. The lowest BCUT2D eigenvalue weighted by Crippen LogP contribution is -2.49. The second-order valence-electron chi connectivity index (χ2n) is 6.05. The largest absolute Gasteiger partial charge is 0.489 e. The minimum absolute atomic E-state index is 0.0778. The van der Waals surface area contributed by atoms with E-state index in [1.54, 1.807) is 13.3 Å². The maximum Gasteiger partial charge on any atom is 0.138 e. The molecule has 118 valence electrons. The highest BCUT2D eigenvalue weighted by Crippen LogP contribution is 2.41. The van der Waals surface area contributed by atoms with Gasteiger partial charge in [-0.2, -0.15) is 0 Å².